The van der Waals surface area contributed by atoms with Crippen molar-refractivity contribution in [3.8, 4) is 11.5 Å². The standard InChI is InChI=1S/C20H32O4/c1-3-4-5-6-7-8-9-10-11-12-15-24-17-13-14-18(20(21)22)19(16-17)23-2/h13-14,16H,3-12,15H2,1-2H3,(H,21,22). The molecule has 0 heterocycles. The molecular weight excluding hydrogens is 304 g/mol. The van der Waals surface area contributed by atoms with Gasteiger partial charge in [0.05, 0.1) is 13.7 Å². The smallest absolute Gasteiger partial charge is 0.339 e. The molecule has 0 amide bonds. The molecule has 0 fully saturated rings. The lowest BCUT2D eigenvalue weighted by molar-refractivity contribution is 0.0693. The van der Waals surface area contributed by atoms with Gasteiger partial charge in [0.1, 0.15) is 17.1 Å². The molecule has 0 bridgehead atoms. The van der Waals surface area contributed by atoms with Crippen molar-refractivity contribution in [1.29, 1.82) is 0 Å². The fourth-order valence-corrected chi connectivity index (χ4v) is 2.72. The minimum atomic E-state index is -0.993. The van der Waals surface area contributed by atoms with Gasteiger partial charge in [-0.05, 0) is 18.6 Å². The number of ether oxygens (including phenoxy) is 2. The van der Waals surface area contributed by atoms with Gasteiger partial charge in [-0.3, -0.25) is 0 Å². The lowest BCUT2D eigenvalue weighted by Gasteiger charge is -2.09. The molecule has 4 heteroatoms. The topological polar surface area (TPSA) is 55.8 Å². The van der Waals surface area contributed by atoms with Crippen LogP contribution in [0.1, 0.15) is 81.5 Å². The number of carbonyl (C=O) groups is 1. The maximum atomic E-state index is 11.0. The largest absolute Gasteiger partial charge is 0.496 e. The summed E-state index contributed by atoms with van der Waals surface area (Å²) in [6, 6.07) is 4.84. The quantitative estimate of drug-likeness (QED) is 0.443. The van der Waals surface area contributed by atoms with E-state index in [0.29, 0.717) is 18.1 Å². The van der Waals surface area contributed by atoms with Crippen LogP contribution in [0.4, 0.5) is 0 Å². The van der Waals surface area contributed by atoms with E-state index in [4.69, 9.17) is 14.6 Å². The number of unbranched alkanes of at least 4 members (excludes halogenated alkanes) is 9. The molecule has 0 atom stereocenters. The van der Waals surface area contributed by atoms with Crippen molar-refractivity contribution in [2.75, 3.05) is 13.7 Å². The van der Waals surface area contributed by atoms with E-state index in [-0.39, 0.29) is 5.56 Å². The van der Waals surface area contributed by atoms with Crippen LogP contribution in [0.25, 0.3) is 0 Å². The molecule has 0 saturated carbocycles. The second kappa shape index (κ2) is 12.7. The molecule has 1 N–H and O–H groups in total. The second-order valence-electron chi connectivity index (χ2n) is 6.20. The van der Waals surface area contributed by atoms with Crippen LogP contribution in [0.5, 0.6) is 11.5 Å². The van der Waals surface area contributed by atoms with Gasteiger partial charge in [0.25, 0.3) is 0 Å². The zero-order chi connectivity index (χ0) is 17.6. The Morgan fingerprint density at radius 3 is 2.08 bits per heavy atom. The molecule has 0 spiro atoms. The average molecular weight is 336 g/mol. The van der Waals surface area contributed by atoms with Crippen LogP contribution in [0, 0.1) is 0 Å². The van der Waals surface area contributed by atoms with Gasteiger partial charge in [0.15, 0.2) is 0 Å². The van der Waals surface area contributed by atoms with Crippen LogP contribution in [0.15, 0.2) is 18.2 Å². The maximum Gasteiger partial charge on any atom is 0.339 e. The molecule has 1 aromatic carbocycles. The minimum Gasteiger partial charge on any atom is -0.496 e. The average Bonchev–Trinajstić information content (AvgIpc) is 2.59. The summed E-state index contributed by atoms with van der Waals surface area (Å²) < 4.78 is 10.8. The summed E-state index contributed by atoms with van der Waals surface area (Å²) in [5.41, 5.74) is 0.156. The second-order valence-corrected chi connectivity index (χ2v) is 6.20. The third-order valence-corrected chi connectivity index (χ3v) is 4.17. The molecule has 0 aliphatic carbocycles. The predicted molar refractivity (Wildman–Crippen MR) is 97.3 cm³/mol. The summed E-state index contributed by atoms with van der Waals surface area (Å²) in [6.45, 7) is 2.91. The highest BCUT2D eigenvalue weighted by molar-refractivity contribution is 5.91. The normalized spacial score (nSPS) is 10.6. The van der Waals surface area contributed by atoms with Gasteiger partial charge < -0.3 is 14.6 Å². The van der Waals surface area contributed by atoms with Crippen molar-refractivity contribution in [2.24, 2.45) is 0 Å². The van der Waals surface area contributed by atoms with Crippen LogP contribution in [-0.2, 0) is 0 Å². The minimum absolute atomic E-state index is 0.156. The van der Waals surface area contributed by atoms with E-state index >= 15 is 0 Å². The first-order valence-electron chi connectivity index (χ1n) is 9.23. The Kier molecular flexibility index (Phi) is 10.7. The maximum absolute atomic E-state index is 11.0. The summed E-state index contributed by atoms with van der Waals surface area (Å²) in [5.74, 6) is 0.00365. The number of hydrogen-bond acceptors (Lipinski definition) is 3. The van der Waals surface area contributed by atoms with E-state index in [1.807, 2.05) is 0 Å². The van der Waals surface area contributed by atoms with Crippen molar-refractivity contribution < 1.29 is 19.4 Å². The first-order valence-corrected chi connectivity index (χ1v) is 9.23. The van der Waals surface area contributed by atoms with Crippen molar-refractivity contribution in [3.63, 3.8) is 0 Å². The van der Waals surface area contributed by atoms with Crippen molar-refractivity contribution >= 4 is 5.97 Å². The SMILES string of the molecule is CCCCCCCCCCCCOc1ccc(C(=O)O)c(OC)c1. The number of hydrogen-bond donors (Lipinski definition) is 1. The summed E-state index contributed by atoms with van der Waals surface area (Å²) >= 11 is 0. The Labute approximate surface area is 146 Å². The van der Waals surface area contributed by atoms with Gasteiger partial charge in [-0.15, -0.1) is 0 Å². The van der Waals surface area contributed by atoms with Gasteiger partial charge in [-0.2, -0.15) is 0 Å². The van der Waals surface area contributed by atoms with Crippen LogP contribution in [0.3, 0.4) is 0 Å². The van der Waals surface area contributed by atoms with Crippen LogP contribution in [-0.4, -0.2) is 24.8 Å². The third-order valence-electron chi connectivity index (χ3n) is 4.17. The monoisotopic (exact) mass is 336 g/mol. The van der Waals surface area contributed by atoms with Crippen LogP contribution >= 0.6 is 0 Å². The Hall–Kier alpha value is -1.71. The molecule has 0 radical (unpaired) electrons. The molecule has 0 aromatic heterocycles. The van der Waals surface area contributed by atoms with E-state index in [1.165, 1.54) is 71.0 Å². The highest BCUT2D eigenvalue weighted by Crippen LogP contribution is 2.25. The number of rotatable bonds is 14. The van der Waals surface area contributed by atoms with Crippen molar-refractivity contribution in [3.05, 3.63) is 23.8 Å². The number of carboxylic acid groups (broad SMARTS) is 1. The Morgan fingerprint density at radius 1 is 0.958 bits per heavy atom. The summed E-state index contributed by atoms with van der Waals surface area (Å²) in [7, 11) is 1.47. The summed E-state index contributed by atoms with van der Waals surface area (Å²) in [6.07, 6.45) is 12.9. The molecule has 136 valence electrons. The van der Waals surface area contributed by atoms with Crippen molar-refractivity contribution in [2.45, 2.75) is 71.1 Å². The first-order chi connectivity index (χ1) is 11.7. The summed E-state index contributed by atoms with van der Waals surface area (Å²) in [4.78, 5) is 11.0. The molecule has 1 rings (SSSR count). The number of benzene rings is 1. The molecule has 4 nitrogen and oxygen atoms in total. The first kappa shape index (κ1) is 20.3. The molecule has 24 heavy (non-hydrogen) atoms. The highest BCUT2D eigenvalue weighted by atomic mass is 16.5. The lowest BCUT2D eigenvalue weighted by Crippen LogP contribution is -2.02. The molecule has 0 saturated heterocycles. The Morgan fingerprint density at radius 2 is 1.54 bits per heavy atom. The summed E-state index contributed by atoms with van der Waals surface area (Å²) in [5, 5.41) is 9.04. The van der Waals surface area contributed by atoms with Crippen LogP contribution in [0.2, 0.25) is 0 Å². The van der Waals surface area contributed by atoms with E-state index in [0.717, 1.165) is 6.42 Å². The zero-order valence-electron chi connectivity index (χ0n) is 15.2. The molecular formula is C20H32O4. The van der Waals surface area contributed by atoms with E-state index in [9.17, 15) is 4.79 Å². The van der Waals surface area contributed by atoms with E-state index in [1.54, 1.807) is 12.1 Å². The zero-order valence-corrected chi connectivity index (χ0v) is 15.2. The molecule has 0 unspecified atom stereocenters. The molecule has 1 aromatic rings. The Balaban J connectivity index is 2.10. The molecule has 0 aliphatic rings. The van der Waals surface area contributed by atoms with Crippen LogP contribution < -0.4 is 9.47 Å². The number of methoxy groups -OCH3 is 1. The van der Waals surface area contributed by atoms with Gasteiger partial charge in [0, 0.05) is 6.07 Å². The predicted octanol–water partition coefficient (Wildman–Crippen LogP) is 5.69. The van der Waals surface area contributed by atoms with Gasteiger partial charge >= 0.3 is 5.97 Å². The number of carboxylic acids is 1. The van der Waals surface area contributed by atoms with Crippen molar-refractivity contribution in [1.82, 2.24) is 0 Å². The fourth-order valence-electron chi connectivity index (χ4n) is 2.72. The van der Waals surface area contributed by atoms with Gasteiger partial charge in [-0.1, -0.05) is 64.7 Å². The van der Waals surface area contributed by atoms with E-state index in [2.05, 4.69) is 6.92 Å². The van der Waals surface area contributed by atoms with Gasteiger partial charge in [0.2, 0.25) is 0 Å². The molecule has 0 aliphatic heterocycles. The Bertz CT molecular complexity index is 471. The lowest BCUT2D eigenvalue weighted by atomic mass is 10.1. The number of aromatic carboxylic acids is 1. The third kappa shape index (κ3) is 8.23. The fraction of sp³-hybridized carbons (Fsp3) is 0.650. The van der Waals surface area contributed by atoms with E-state index < -0.39 is 5.97 Å². The van der Waals surface area contributed by atoms with Gasteiger partial charge in [-0.25, -0.2) is 4.79 Å². The highest BCUT2D eigenvalue weighted by Gasteiger charge is 2.11.